The van der Waals surface area contributed by atoms with Crippen LogP contribution in [-0.2, 0) is 16.1 Å². The lowest BCUT2D eigenvalue weighted by molar-refractivity contribution is -0.140. The SMILES string of the molecule is CCC1(CC)NC(=O)CCN(Cc2nc(C)c(C)o2)C1=O. The lowest BCUT2D eigenvalue weighted by atomic mass is 9.91. The molecule has 0 atom stereocenters. The second-order valence-electron chi connectivity index (χ2n) is 5.56. The fourth-order valence-corrected chi connectivity index (χ4v) is 2.67. The molecule has 6 heteroatoms. The van der Waals surface area contributed by atoms with Crippen LogP contribution in [0.3, 0.4) is 0 Å². The fraction of sp³-hybridized carbons (Fsp3) is 0.667. The number of aryl methyl sites for hydroxylation is 2. The van der Waals surface area contributed by atoms with Crippen molar-refractivity contribution in [2.45, 2.75) is 59.0 Å². The second-order valence-corrected chi connectivity index (χ2v) is 5.56. The highest BCUT2D eigenvalue weighted by molar-refractivity contribution is 5.93. The normalized spacial score (nSPS) is 18.6. The van der Waals surface area contributed by atoms with Crippen molar-refractivity contribution >= 4 is 11.8 Å². The molecule has 0 saturated carbocycles. The maximum absolute atomic E-state index is 12.8. The van der Waals surface area contributed by atoms with E-state index in [4.69, 9.17) is 4.42 Å². The Morgan fingerprint density at radius 3 is 2.48 bits per heavy atom. The van der Waals surface area contributed by atoms with Gasteiger partial charge in [0, 0.05) is 13.0 Å². The van der Waals surface area contributed by atoms with E-state index >= 15 is 0 Å². The predicted octanol–water partition coefficient (Wildman–Crippen LogP) is 1.70. The van der Waals surface area contributed by atoms with Gasteiger partial charge in [-0.3, -0.25) is 9.59 Å². The molecular weight excluding hydrogens is 270 g/mol. The van der Waals surface area contributed by atoms with Crippen LogP contribution >= 0.6 is 0 Å². The molecule has 0 aliphatic carbocycles. The van der Waals surface area contributed by atoms with Crippen LogP contribution in [-0.4, -0.2) is 33.8 Å². The maximum atomic E-state index is 12.8. The van der Waals surface area contributed by atoms with E-state index in [-0.39, 0.29) is 11.8 Å². The van der Waals surface area contributed by atoms with E-state index < -0.39 is 5.54 Å². The molecule has 2 amide bonds. The van der Waals surface area contributed by atoms with Gasteiger partial charge in [-0.05, 0) is 26.7 Å². The van der Waals surface area contributed by atoms with Gasteiger partial charge in [-0.15, -0.1) is 0 Å². The van der Waals surface area contributed by atoms with Crippen LogP contribution < -0.4 is 5.32 Å². The minimum atomic E-state index is -0.801. The predicted molar refractivity (Wildman–Crippen MR) is 77.5 cm³/mol. The summed E-state index contributed by atoms with van der Waals surface area (Å²) in [6.45, 7) is 8.27. The van der Waals surface area contributed by atoms with Crippen LogP contribution in [0.2, 0.25) is 0 Å². The average molecular weight is 293 g/mol. The number of carbonyl (C=O) groups is 2. The van der Waals surface area contributed by atoms with Crippen molar-refractivity contribution < 1.29 is 14.0 Å². The van der Waals surface area contributed by atoms with Crippen molar-refractivity contribution in [3.8, 4) is 0 Å². The summed E-state index contributed by atoms with van der Waals surface area (Å²) in [4.78, 5) is 30.7. The molecule has 116 valence electrons. The van der Waals surface area contributed by atoms with Crippen LogP contribution in [0.1, 0.15) is 50.5 Å². The van der Waals surface area contributed by atoms with Gasteiger partial charge in [0.25, 0.3) is 0 Å². The number of aromatic nitrogens is 1. The maximum Gasteiger partial charge on any atom is 0.248 e. The third-order valence-corrected chi connectivity index (χ3v) is 4.29. The highest BCUT2D eigenvalue weighted by Crippen LogP contribution is 2.23. The number of rotatable bonds is 4. The molecule has 1 aromatic rings. The van der Waals surface area contributed by atoms with E-state index in [2.05, 4.69) is 10.3 Å². The van der Waals surface area contributed by atoms with E-state index in [1.54, 1.807) is 4.90 Å². The Balaban J connectivity index is 2.25. The van der Waals surface area contributed by atoms with Gasteiger partial charge in [0.1, 0.15) is 11.3 Å². The highest BCUT2D eigenvalue weighted by atomic mass is 16.4. The zero-order valence-electron chi connectivity index (χ0n) is 13.2. The van der Waals surface area contributed by atoms with Crippen molar-refractivity contribution in [3.05, 3.63) is 17.3 Å². The van der Waals surface area contributed by atoms with Gasteiger partial charge < -0.3 is 14.6 Å². The summed E-state index contributed by atoms with van der Waals surface area (Å²) in [6, 6.07) is 0. The summed E-state index contributed by atoms with van der Waals surface area (Å²) >= 11 is 0. The molecule has 1 N–H and O–H groups in total. The Bertz CT molecular complexity index is 527. The lowest BCUT2D eigenvalue weighted by Gasteiger charge is -2.33. The average Bonchev–Trinajstić information content (AvgIpc) is 2.72. The lowest BCUT2D eigenvalue weighted by Crippen LogP contribution is -2.56. The van der Waals surface area contributed by atoms with E-state index in [1.807, 2.05) is 27.7 Å². The zero-order valence-corrected chi connectivity index (χ0v) is 13.2. The molecule has 1 aromatic heterocycles. The van der Waals surface area contributed by atoms with Gasteiger partial charge in [-0.2, -0.15) is 0 Å². The van der Waals surface area contributed by atoms with Gasteiger partial charge >= 0.3 is 0 Å². The number of oxazole rings is 1. The Hall–Kier alpha value is -1.85. The number of amides is 2. The van der Waals surface area contributed by atoms with Gasteiger partial charge in [0.15, 0.2) is 0 Å². The standard InChI is InChI=1S/C15H23N3O3/c1-5-15(6-2)14(20)18(8-7-12(19)17-15)9-13-16-10(3)11(4)21-13/h5-9H2,1-4H3,(H,17,19). The van der Waals surface area contributed by atoms with Crippen molar-refractivity contribution in [1.82, 2.24) is 15.2 Å². The topological polar surface area (TPSA) is 75.4 Å². The third-order valence-electron chi connectivity index (χ3n) is 4.29. The molecule has 21 heavy (non-hydrogen) atoms. The fourth-order valence-electron chi connectivity index (χ4n) is 2.67. The van der Waals surface area contributed by atoms with Crippen LogP contribution in [0.5, 0.6) is 0 Å². The highest BCUT2D eigenvalue weighted by Gasteiger charge is 2.42. The Labute approximate surface area is 124 Å². The quantitative estimate of drug-likeness (QED) is 0.916. The molecule has 1 fully saturated rings. The molecule has 1 aliphatic rings. The molecule has 1 saturated heterocycles. The molecule has 0 aromatic carbocycles. The first kappa shape index (κ1) is 15.5. The molecule has 0 radical (unpaired) electrons. The first-order chi connectivity index (χ1) is 9.91. The van der Waals surface area contributed by atoms with Crippen LogP contribution in [0, 0.1) is 13.8 Å². The molecule has 6 nitrogen and oxygen atoms in total. The van der Waals surface area contributed by atoms with Gasteiger partial charge in [-0.25, -0.2) is 4.98 Å². The van der Waals surface area contributed by atoms with Crippen LogP contribution in [0.15, 0.2) is 4.42 Å². The summed E-state index contributed by atoms with van der Waals surface area (Å²) in [5, 5.41) is 2.89. The first-order valence-corrected chi connectivity index (χ1v) is 7.45. The summed E-state index contributed by atoms with van der Waals surface area (Å²) in [5.41, 5.74) is 0.0308. The second kappa shape index (κ2) is 5.87. The van der Waals surface area contributed by atoms with Crippen molar-refractivity contribution in [2.24, 2.45) is 0 Å². The van der Waals surface area contributed by atoms with E-state index in [0.29, 0.717) is 38.2 Å². The van der Waals surface area contributed by atoms with E-state index in [9.17, 15) is 9.59 Å². The van der Waals surface area contributed by atoms with Crippen molar-refractivity contribution in [1.29, 1.82) is 0 Å². The number of nitrogens with one attached hydrogen (secondary N) is 1. The van der Waals surface area contributed by atoms with E-state index in [1.165, 1.54) is 0 Å². The van der Waals surface area contributed by atoms with Crippen LogP contribution in [0.4, 0.5) is 0 Å². The summed E-state index contributed by atoms with van der Waals surface area (Å²) in [6.07, 6.45) is 1.47. The Kier molecular flexibility index (Phi) is 4.34. The minimum absolute atomic E-state index is 0.0492. The smallest absolute Gasteiger partial charge is 0.248 e. The van der Waals surface area contributed by atoms with Gasteiger partial charge in [-0.1, -0.05) is 13.8 Å². The molecule has 2 heterocycles. The molecular formula is C15H23N3O3. The molecule has 2 rings (SSSR count). The van der Waals surface area contributed by atoms with Gasteiger partial charge in [0.2, 0.25) is 17.7 Å². The first-order valence-electron chi connectivity index (χ1n) is 7.45. The molecule has 0 bridgehead atoms. The molecule has 1 aliphatic heterocycles. The third kappa shape index (κ3) is 2.94. The van der Waals surface area contributed by atoms with Crippen molar-refractivity contribution in [3.63, 3.8) is 0 Å². The van der Waals surface area contributed by atoms with Crippen LogP contribution in [0.25, 0.3) is 0 Å². The number of hydrogen-bond donors (Lipinski definition) is 1. The number of carbonyl (C=O) groups excluding carboxylic acids is 2. The number of nitrogens with zero attached hydrogens (tertiary/aromatic N) is 2. The summed E-state index contributed by atoms with van der Waals surface area (Å²) < 4.78 is 5.56. The minimum Gasteiger partial charge on any atom is -0.444 e. The monoisotopic (exact) mass is 293 g/mol. The molecule has 0 spiro atoms. The largest absolute Gasteiger partial charge is 0.444 e. The van der Waals surface area contributed by atoms with E-state index in [0.717, 1.165) is 11.5 Å². The summed E-state index contributed by atoms with van der Waals surface area (Å²) in [5.74, 6) is 1.16. The Morgan fingerprint density at radius 1 is 1.29 bits per heavy atom. The van der Waals surface area contributed by atoms with Gasteiger partial charge in [0.05, 0.1) is 12.2 Å². The zero-order chi connectivity index (χ0) is 15.6. The number of hydrogen-bond acceptors (Lipinski definition) is 4. The summed E-state index contributed by atoms with van der Waals surface area (Å²) in [7, 11) is 0. The Morgan fingerprint density at radius 2 is 1.95 bits per heavy atom. The van der Waals surface area contributed by atoms with Crippen molar-refractivity contribution in [2.75, 3.05) is 6.54 Å². The molecule has 0 unspecified atom stereocenters.